The van der Waals surface area contributed by atoms with Gasteiger partial charge >= 0.3 is 5.97 Å². The van der Waals surface area contributed by atoms with Crippen LogP contribution in [-0.2, 0) is 0 Å². The maximum atomic E-state index is 11.1. The number of rotatable bonds is 3. The summed E-state index contributed by atoms with van der Waals surface area (Å²) >= 11 is 0. The summed E-state index contributed by atoms with van der Waals surface area (Å²) < 4.78 is 6.57. The number of aromatic carboxylic acids is 1. The molecule has 3 aromatic rings. The molecule has 7 heteroatoms. The molecule has 0 atom stereocenters. The highest BCUT2D eigenvalue weighted by Crippen LogP contribution is 2.19. The largest absolute Gasteiger partial charge is 0.477 e. The van der Waals surface area contributed by atoms with Gasteiger partial charge in [0.25, 0.3) is 0 Å². The molecule has 94 valence electrons. The molecule has 3 rings (SSSR count). The van der Waals surface area contributed by atoms with Gasteiger partial charge in [0.15, 0.2) is 5.69 Å². The number of carbonyl (C=O) groups is 1. The van der Waals surface area contributed by atoms with Gasteiger partial charge in [-0.2, -0.15) is 0 Å². The zero-order valence-electron chi connectivity index (χ0n) is 9.59. The van der Waals surface area contributed by atoms with E-state index in [4.69, 9.17) is 9.52 Å². The summed E-state index contributed by atoms with van der Waals surface area (Å²) in [5.74, 6) is -0.188. The van der Waals surface area contributed by atoms with Crippen LogP contribution >= 0.6 is 0 Å². The third-order valence-corrected chi connectivity index (χ3v) is 2.53. The van der Waals surface area contributed by atoms with E-state index >= 15 is 0 Å². The van der Waals surface area contributed by atoms with E-state index in [2.05, 4.69) is 15.0 Å². The molecule has 0 aliphatic rings. The zero-order chi connectivity index (χ0) is 13.2. The fraction of sp³-hybridized carbons (Fsp3) is 0. The first-order valence-electron chi connectivity index (χ1n) is 5.37. The van der Waals surface area contributed by atoms with Gasteiger partial charge in [-0.25, -0.2) is 19.7 Å². The summed E-state index contributed by atoms with van der Waals surface area (Å²) in [4.78, 5) is 23.0. The van der Waals surface area contributed by atoms with E-state index in [1.807, 2.05) is 0 Å². The van der Waals surface area contributed by atoms with Crippen molar-refractivity contribution in [3.8, 4) is 17.3 Å². The van der Waals surface area contributed by atoms with Crippen LogP contribution in [0.25, 0.3) is 17.3 Å². The highest BCUT2D eigenvalue weighted by atomic mass is 16.4. The van der Waals surface area contributed by atoms with Crippen LogP contribution in [0, 0.1) is 0 Å². The third-order valence-electron chi connectivity index (χ3n) is 2.53. The second-order valence-corrected chi connectivity index (χ2v) is 3.69. The van der Waals surface area contributed by atoms with E-state index in [0.29, 0.717) is 17.3 Å². The van der Waals surface area contributed by atoms with Crippen LogP contribution in [0.2, 0.25) is 0 Å². The molecule has 0 saturated carbocycles. The molecule has 3 aromatic heterocycles. The quantitative estimate of drug-likeness (QED) is 0.765. The average Bonchev–Trinajstić information content (AvgIpc) is 3.10. The summed E-state index contributed by atoms with van der Waals surface area (Å²) in [5, 5.41) is 9.05. The number of hydrogen-bond acceptors (Lipinski definition) is 5. The molecule has 0 saturated heterocycles. The van der Waals surface area contributed by atoms with Crippen molar-refractivity contribution in [3.63, 3.8) is 0 Å². The Morgan fingerprint density at radius 1 is 1.32 bits per heavy atom. The number of imidazole rings is 1. The molecule has 0 bridgehead atoms. The van der Waals surface area contributed by atoms with Crippen LogP contribution in [0.5, 0.6) is 0 Å². The SMILES string of the molecule is O=C(O)c1cncn1-c1cc(-c2ncco2)ccn1. The van der Waals surface area contributed by atoms with Gasteiger partial charge < -0.3 is 9.52 Å². The Kier molecular flexibility index (Phi) is 2.57. The van der Waals surface area contributed by atoms with Crippen molar-refractivity contribution >= 4 is 5.97 Å². The van der Waals surface area contributed by atoms with E-state index in [1.165, 1.54) is 29.6 Å². The van der Waals surface area contributed by atoms with Crippen LogP contribution < -0.4 is 0 Å². The number of nitrogens with zero attached hydrogens (tertiary/aromatic N) is 4. The van der Waals surface area contributed by atoms with Crippen molar-refractivity contribution in [2.45, 2.75) is 0 Å². The minimum absolute atomic E-state index is 0.0389. The maximum Gasteiger partial charge on any atom is 0.354 e. The summed E-state index contributed by atoms with van der Waals surface area (Å²) in [5.41, 5.74) is 0.747. The lowest BCUT2D eigenvalue weighted by Crippen LogP contribution is -2.07. The molecular weight excluding hydrogens is 248 g/mol. The van der Waals surface area contributed by atoms with Gasteiger partial charge in [-0.05, 0) is 12.1 Å². The molecule has 7 nitrogen and oxygen atoms in total. The fourth-order valence-corrected chi connectivity index (χ4v) is 1.69. The third kappa shape index (κ3) is 1.97. The fourth-order valence-electron chi connectivity index (χ4n) is 1.69. The van der Waals surface area contributed by atoms with E-state index in [1.54, 1.807) is 18.3 Å². The van der Waals surface area contributed by atoms with Gasteiger partial charge in [0, 0.05) is 11.8 Å². The van der Waals surface area contributed by atoms with Crippen molar-refractivity contribution in [2.75, 3.05) is 0 Å². The first-order chi connectivity index (χ1) is 9.25. The Labute approximate surface area is 107 Å². The smallest absolute Gasteiger partial charge is 0.354 e. The van der Waals surface area contributed by atoms with Gasteiger partial charge in [0.05, 0.1) is 12.4 Å². The van der Waals surface area contributed by atoms with Gasteiger partial charge in [0.2, 0.25) is 5.89 Å². The van der Waals surface area contributed by atoms with Crippen LogP contribution in [0.15, 0.2) is 47.7 Å². The molecule has 0 aromatic carbocycles. The van der Waals surface area contributed by atoms with Crippen LogP contribution in [0.4, 0.5) is 0 Å². The summed E-state index contributed by atoms with van der Waals surface area (Å²) in [7, 11) is 0. The average molecular weight is 256 g/mol. The van der Waals surface area contributed by atoms with E-state index in [-0.39, 0.29) is 5.69 Å². The molecule has 19 heavy (non-hydrogen) atoms. The predicted octanol–water partition coefficient (Wildman–Crippen LogP) is 1.62. The highest BCUT2D eigenvalue weighted by molar-refractivity contribution is 5.86. The Bertz CT molecular complexity index is 718. The number of carboxylic acids is 1. The molecule has 0 aliphatic heterocycles. The maximum absolute atomic E-state index is 11.1. The number of carboxylic acid groups (broad SMARTS) is 1. The minimum Gasteiger partial charge on any atom is -0.477 e. The number of aromatic nitrogens is 4. The normalized spacial score (nSPS) is 10.5. The van der Waals surface area contributed by atoms with Crippen molar-refractivity contribution in [2.24, 2.45) is 0 Å². The number of pyridine rings is 1. The van der Waals surface area contributed by atoms with Crippen molar-refractivity contribution in [1.82, 2.24) is 19.5 Å². The van der Waals surface area contributed by atoms with Gasteiger partial charge in [-0.3, -0.25) is 4.57 Å². The van der Waals surface area contributed by atoms with Crippen molar-refractivity contribution < 1.29 is 14.3 Å². The first-order valence-corrected chi connectivity index (χ1v) is 5.37. The first kappa shape index (κ1) is 11.1. The van der Waals surface area contributed by atoms with Crippen molar-refractivity contribution in [3.05, 3.63) is 49.0 Å². The van der Waals surface area contributed by atoms with Gasteiger partial charge in [-0.15, -0.1) is 0 Å². The topological polar surface area (TPSA) is 94.0 Å². The van der Waals surface area contributed by atoms with Crippen LogP contribution in [0.3, 0.4) is 0 Å². The van der Waals surface area contributed by atoms with E-state index in [0.717, 1.165) is 0 Å². The van der Waals surface area contributed by atoms with Crippen LogP contribution in [-0.4, -0.2) is 30.6 Å². The molecular formula is C12H8N4O3. The second kappa shape index (κ2) is 4.37. The Hall–Kier alpha value is -2.96. The lowest BCUT2D eigenvalue weighted by molar-refractivity contribution is 0.0688. The van der Waals surface area contributed by atoms with E-state index < -0.39 is 5.97 Å². The predicted molar refractivity (Wildman–Crippen MR) is 63.8 cm³/mol. The number of oxazole rings is 1. The monoisotopic (exact) mass is 256 g/mol. The van der Waals surface area contributed by atoms with Gasteiger partial charge in [-0.1, -0.05) is 0 Å². The zero-order valence-corrected chi connectivity index (χ0v) is 9.59. The molecule has 1 N–H and O–H groups in total. The van der Waals surface area contributed by atoms with Crippen molar-refractivity contribution in [1.29, 1.82) is 0 Å². The summed E-state index contributed by atoms with van der Waals surface area (Å²) in [6.07, 6.45) is 7.22. The standard InChI is InChI=1S/C12H8N4O3/c17-12(18)9-6-13-7-16(9)10-5-8(1-2-14-10)11-15-3-4-19-11/h1-7H,(H,17,18). The molecule has 0 fully saturated rings. The Balaban J connectivity index is 2.09. The molecule has 0 radical (unpaired) electrons. The lowest BCUT2D eigenvalue weighted by Gasteiger charge is -2.04. The minimum atomic E-state index is -1.07. The number of hydrogen-bond donors (Lipinski definition) is 1. The molecule has 0 spiro atoms. The lowest BCUT2D eigenvalue weighted by atomic mass is 10.2. The molecule has 3 heterocycles. The molecule has 0 amide bonds. The second-order valence-electron chi connectivity index (χ2n) is 3.69. The summed E-state index contributed by atoms with van der Waals surface area (Å²) in [6.45, 7) is 0. The van der Waals surface area contributed by atoms with Crippen LogP contribution in [0.1, 0.15) is 10.5 Å². The van der Waals surface area contributed by atoms with Gasteiger partial charge in [0.1, 0.15) is 18.4 Å². The Morgan fingerprint density at radius 3 is 2.95 bits per heavy atom. The molecule has 0 unspecified atom stereocenters. The molecule has 0 aliphatic carbocycles. The summed E-state index contributed by atoms with van der Waals surface area (Å²) in [6, 6.07) is 3.41. The van der Waals surface area contributed by atoms with E-state index in [9.17, 15) is 4.79 Å². The highest BCUT2D eigenvalue weighted by Gasteiger charge is 2.13. The Morgan fingerprint density at radius 2 is 2.21 bits per heavy atom.